The molecule has 2 aliphatic heterocycles. The van der Waals surface area contributed by atoms with Crippen molar-refractivity contribution in [3.05, 3.63) is 59.3 Å². The van der Waals surface area contributed by atoms with Gasteiger partial charge in [0.2, 0.25) is 0 Å². The molecule has 7 nitrogen and oxygen atoms in total. The summed E-state index contributed by atoms with van der Waals surface area (Å²) in [6, 6.07) is 3.71. The predicted molar refractivity (Wildman–Crippen MR) is 124 cm³/mol. The van der Waals surface area contributed by atoms with Crippen LogP contribution in [-0.4, -0.2) is 35.7 Å². The molecule has 1 amide bonds. The fourth-order valence-electron chi connectivity index (χ4n) is 4.93. The number of aromatic nitrogens is 1. The molecule has 0 bridgehead atoms. The van der Waals surface area contributed by atoms with E-state index >= 15 is 0 Å². The SMILES string of the molecule is CCCc1cncc(C(=O)NC2=NC(c3ccoc3)=C(C(=O)C3CCOCC3)C3(CC3)C2)c1. The summed E-state index contributed by atoms with van der Waals surface area (Å²) in [5.74, 6) is 0.517. The lowest BCUT2D eigenvalue weighted by Gasteiger charge is -2.30. The Kier molecular flexibility index (Phi) is 5.98. The summed E-state index contributed by atoms with van der Waals surface area (Å²) in [5.41, 5.74) is 3.52. The van der Waals surface area contributed by atoms with Crippen molar-refractivity contribution in [2.24, 2.45) is 16.3 Å². The Hall–Kier alpha value is -3.06. The number of amides is 1. The maximum atomic E-state index is 13.7. The fourth-order valence-corrected chi connectivity index (χ4v) is 4.93. The molecular weight excluding hydrogens is 418 g/mol. The van der Waals surface area contributed by atoms with Crippen LogP contribution in [0.2, 0.25) is 0 Å². The van der Waals surface area contributed by atoms with E-state index in [2.05, 4.69) is 17.2 Å². The molecule has 0 unspecified atom stereocenters. The van der Waals surface area contributed by atoms with Gasteiger partial charge in [0.1, 0.15) is 5.84 Å². The van der Waals surface area contributed by atoms with Crippen LogP contribution in [0.5, 0.6) is 0 Å². The summed E-state index contributed by atoms with van der Waals surface area (Å²) in [6.07, 6.45) is 12.3. The van der Waals surface area contributed by atoms with Gasteiger partial charge in [-0.2, -0.15) is 0 Å². The van der Waals surface area contributed by atoms with E-state index in [0.717, 1.165) is 55.2 Å². The van der Waals surface area contributed by atoms with E-state index in [4.69, 9.17) is 14.1 Å². The second-order valence-corrected chi connectivity index (χ2v) is 9.29. The highest BCUT2D eigenvalue weighted by Crippen LogP contribution is 2.59. The quantitative estimate of drug-likeness (QED) is 0.711. The number of rotatable bonds is 6. The van der Waals surface area contributed by atoms with Crippen LogP contribution in [0.15, 0.2) is 52.0 Å². The molecule has 1 N–H and O–H groups in total. The first-order valence-corrected chi connectivity index (χ1v) is 11.8. The Balaban J connectivity index is 1.47. The number of ether oxygens (including phenoxy) is 1. The molecule has 1 spiro atoms. The fraction of sp³-hybridized carbons (Fsp3) is 0.462. The van der Waals surface area contributed by atoms with Crippen LogP contribution in [0.3, 0.4) is 0 Å². The molecule has 3 aliphatic rings. The molecule has 5 rings (SSSR count). The normalized spacial score (nSPS) is 20.0. The van der Waals surface area contributed by atoms with E-state index < -0.39 is 0 Å². The van der Waals surface area contributed by atoms with Gasteiger partial charge in [-0.15, -0.1) is 0 Å². The maximum absolute atomic E-state index is 13.7. The maximum Gasteiger partial charge on any atom is 0.258 e. The van der Waals surface area contributed by atoms with Crippen molar-refractivity contribution in [2.45, 2.75) is 51.9 Å². The number of furan rings is 1. The minimum atomic E-state index is -0.255. The van der Waals surface area contributed by atoms with E-state index in [1.807, 2.05) is 12.1 Å². The number of carbonyl (C=O) groups excluding carboxylic acids is 2. The molecule has 2 aromatic heterocycles. The number of Topliss-reactive ketones (excluding diaryl/α,β-unsaturated/α-hetero) is 1. The Morgan fingerprint density at radius 1 is 1.21 bits per heavy atom. The zero-order valence-electron chi connectivity index (χ0n) is 18.9. The Morgan fingerprint density at radius 2 is 2.03 bits per heavy atom. The van der Waals surface area contributed by atoms with Gasteiger partial charge < -0.3 is 14.5 Å². The summed E-state index contributed by atoms with van der Waals surface area (Å²) in [4.78, 5) is 35.7. The molecule has 0 aromatic carbocycles. The van der Waals surface area contributed by atoms with Crippen molar-refractivity contribution in [3.8, 4) is 0 Å². The second kappa shape index (κ2) is 9.06. The lowest BCUT2D eigenvalue weighted by Crippen LogP contribution is -2.37. The third kappa shape index (κ3) is 4.42. The molecule has 4 heterocycles. The minimum Gasteiger partial charge on any atom is -0.472 e. The highest BCUT2D eigenvalue weighted by atomic mass is 16.5. The van der Waals surface area contributed by atoms with Crippen LogP contribution >= 0.6 is 0 Å². The first-order chi connectivity index (χ1) is 16.1. The molecule has 172 valence electrons. The topological polar surface area (TPSA) is 93.8 Å². The number of nitrogens with zero attached hydrogens (tertiary/aromatic N) is 2. The molecule has 0 radical (unpaired) electrons. The van der Waals surface area contributed by atoms with Gasteiger partial charge in [-0.1, -0.05) is 13.3 Å². The van der Waals surface area contributed by atoms with E-state index in [1.165, 1.54) is 0 Å². The number of allylic oxidation sites excluding steroid dienone is 1. The number of hydrogen-bond acceptors (Lipinski definition) is 6. The summed E-state index contributed by atoms with van der Waals surface area (Å²) >= 11 is 0. The van der Waals surface area contributed by atoms with Crippen LogP contribution < -0.4 is 5.32 Å². The summed E-state index contributed by atoms with van der Waals surface area (Å²) in [5, 5.41) is 3.01. The average Bonchev–Trinajstić information content (AvgIpc) is 3.36. The van der Waals surface area contributed by atoms with Crippen LogP contribution in [0, 0.1) is 11.3 Å². The van der Waals surface area contributed by atoms with E-state index in [9.17, 15) is 9.59 Å². The molecule has 0 atom stereocenters. The van der Waals surface area contributed by atoms with Crippen molar-refractivity contribution in [2.75, 3.05) is 13.2 Å². The average molecular weight is 448 g/mol. The smallest absolute Gasteiger partial charge is 0.258 e. The summed E-state index contributed by atoms with van der Waals surface area (Å²) < 4.78 is 10.8. The number of carbonyl (C=O) groups is 2. The highest BCUT2D eigenvalue weighted by Gasteiger charge is 2.53. The third-order valence-electron chi connectivity index (χ3n) is 6.86. The third-order valence-corrected chi connectivity index (χ3v) is 6.86. The zero-order valence-corrected chi connectivity index (χ0v) is 18.9. The predicted octanol–water partition coefficient (Wildman–Crippen LogP) is 4.35. The Labute approximate surface area is 193 Å². The molecule has 7 heteroatoms. The molecule has 1 saturated carbocycles. The van der Waals surface area contributed by atoms with E-state index in [1.54, 1.807) is 24.9 Å². The van der Waals surface area contributed by atoms with Gasteiger partial charge in [0.05, 0.1) is 23.8 Å². The van der Waals surface area contributed by atoms with Gasteiger partial charge in [-0.25, -0.2) is 4.99 Å². The van der Waals surface area contributed by atoms with Gasteiger partial charge in [-0.05, 0) is 49.8 Å². The van der Waals surface area contributed by atoms with Gasteiger partial charge in [0.15, 0.2) is 5.78 Å². The molecule has 2 fully saturated rings. The second-order valence-electron chi connectivity index (χ2n) is 9.29. The first kappa shape index (κ1) is 21.8. The number of pyridine rings is 1. The van der Waals surface area contributed by atoms with Crippen LogP contribution in [0.4, 0.5) is 0 Å². The molecular formula is C26H29N3O4. The van der Waals surface area contributed by atoms with E-state index in [-0.39, 0.29) is 23.0 Å². The number of nitrogens with one attached hydrogen (secondary N) is 1. The number of aryl methyl sites for hydroxylation is 1. The number of ketones is 1. The van der Waals surface area contributed by atoms with Crippen molar-refractivity contribution < 1.29 is 18.7 Å². The van der Waals surface area contributed by atoms with Crippen molar-refractivity contribution in [1.29, 1.82) is 0 Å². The van der Waals surface area contributed by atoms with Crippen LogP contribution in [-0.2, 0) is 16.0 Å². The van der Waals surface area contributed by atoms with Gasteiger partial charge in [-0.3, -0.25) is 14.6 Å². The molecule has 2 aromatic rings. The van der Waals surface area contributed by atoms with Gasteiger partial charge >= 0.3 is 0 Å². The van der Waals surface area contributed by atoms with Crippen molar-refractivity contribution >= 4 is 23.2 Å². The summed E-state index contributed by atoms with van der Waals surface area (Å²) in [7, 11) is 0. The van der Waals surface area contributed by atoms with Crippen molar-refractivity contribution in [1.82, 2.24) is 10.3 Å². The lowest BCUT2D eigenvalue weighted by molar-refractivity contribution is -0.122. The van der Waals surface area contributed by atoms with Crippen LogP contribution in [0.25, 0.3) is 5.70 Å². The standard InChI is InChI=1S/C26H29N3O4/c1-2-3-17-12-20(15-27-14-17)25(31)29-21-13-26(7-8-26)22(23(28-21)19-6-11-33-16-19)24(30)18-4-9-32-10-5-18/h6,11-12,14-16,18H,2-5,7-10,13H2,1H3,(H,28,29,31). The molecule has 1 saturated heterocycles. The van der Waals surface area contributed by atoms with Gasteiger partial charge in [0, 0.05) is 54.5 Å². The minimum absolute atomic E-state index is 0.0353. The van der Waals surface area contributed by atoms with Crippen molar-refractivity contribution in [3.63, 3.8) is 0 Å². The lowest BCUT2D eigenvalue weighted by atomic mass is 9.78. The van der Waals surface area contributed by atoms with E-state index in [0.29, 0.717) is 36.7 Å². The largest absolute Gasteiger partial charge is 0.472 e. The Morgan fingerprint density at radius 3 is 2.73 bits per heavy atom. The number of aliphatic imine (C=N–C) groups is 1. The first-order valence-electron chi connectivity index (χ1n) is 11.8. The van der Waals surface area contributed by atoms with Gasteiger partial charge in [0.25, 0.3) is 5.91 Å². The molecule has 33 heavy (non-hydrogen) atoms. The summed E-state index contributed by atoms with van der Waals surface area (Å²) in [6.45, 7) is 3.34. The number of amidine groups is 1. The van der Waals surface area contributed by atoms with Crippen LogP contribution in [0.1, 0.15) is 66.9 Å². The monoisotopic (exact) mass is 447 g/mol. The number of hydrogen-bond donors (Lipinski definition) is 1. The molecule has 1 aliphatic carbocycles. The Bertz CT molecular complexity index is 1110. The highest BCUT2D eigenvalue weighted by molar-refractivity contribution is 6.13. The zero-order chi connectivity index (χ0) is 22.8.